The highest BCUT2D eigenvalue weighted by molar-refractivity contribution is 5.75. The molecule has 0 fully saturated rings. The van der Waals surface area contributed by atoms with Crippen LogP contribution in [0.5, 0.6) is 0 Å². The molecule has 3 aromatic heterocycles. The average Bonchev–Trinajstić information content (AvgIpc) is 2.87. The van der Waals surface area contributed by atoms with E-state index in [1.807, 2.05) is 6.08 Å². The van der Waals surface area contributed by atoms with Crippen molar-refractivity contribution in [3.05, 3.63) is 46.2 Å². The van der Waals surface area contributed by atoms with Gasteiger partial charge in [0, 0.05) is 30.4 Å². The molecule has 3 aromatic rings. The van der Waals surface area contributed by atoms with Gasteiger partial charge >= 0.3 is 0 Å². The predicted molar refractivity (Wildman–Crippen MR) is 88.8 cm³/mol. The second kappa shape index (κ2) is 5.42. The zero-order chi connectivity index (χ0) is 16.6. The fraction of sp³-hybridized carbons (Fsp3) is 0.312. The van der Waals surface area contributed by atoms with E-state index in [0.29, 0.717) is 16.9 Å². The highest BCUT2D eigenvalue weighted by Gasteiger charge is 2.16. The summed E-state index contributed by atoms with van der Waals surface area (Å²) in [4.78, 5) is 27.8. The van der Waals surface area contributed by atoms with Gasteiger partial charge in [-0.05, 0) is 12.2 Å². The summed E-state index contributed by atoms with van der Waals surface area (Å²) in [6.45, 7) is 6.20. The Balaban J connectivity index is 1.91. The van der Waals surface area contributed by atoms with Crippen LogP contribution in [0, 0.1) is 0 Å². The van der Waals surface area contributed by atoms with Crippen molar-refractivity contribution in [3.8, 4) is 0 Å². The lowest BCUT2D eigenvalue weighted by Crippen LogP contribution is -2.15. The first-order chi connectivity index (χ1) is 10.8. The van der Waals surface area contributed by atoms with Crippen LogP contribution in [-0.2, 0) is 12.5 Å². The minimum atomic E-state index is -0.206. The van der Waals surface area contributed by atoms with Crippen molar-refractivity contribution in [1.29, 1.82) is 0 Å². The first-order valence-electron chi connectivity index (χ1n) is 7.27. The Hall–Kier alpha value is -2.83. The third-order valence-corrected chi connectivity index (χ3v) is 3.40. The van der Waals surface area contributed by atoms with E-state index in [0.717, 1.165) is 11.4 Å². The zero-order valence-corrected chi connectivity index (χ0v) is 13.5. The van der Waals surface area contributed by atoms with E-state index >= 15 is 0 Å². The molecule has 0 atom stereocenters. The molecule has 1 N–H and O–H groups in total. The second-order valence-electron chi connectivity index (χ2n) is 6.38. The number of hydrogen-bond acceptors (Lipinski definition) is 5. The Morgan fingerprint density at radius 2 is 1.83 bits per heavy atom. The molecule has 0 aliphatic heterocycles. The smallest absolute Gasteiger partial charge is 0.262 e. The van der Waals surface area contributed by atoms with E-state index < -0.39 is 0 Å². The summed E-state index contributed by atoms with van der Waals surface area (Å²) in [6, 6.07) is 0. The zero-order valence-electron chi connectivity index (χ0n) is 13.5. The van der Waals surface area contributed by atoms with Crippen LogP contribution in [-0.4, -0.2) is 29.7 Å². The summed E-state index contributed by atoms with van der Waals surface area (Å²) < 4.78 is 1.57. The first-order valence-corrected chi connectivity index (χ1v) is 7.27. The SMILES string of the molecule is Cn1ncc2c(=O)[nH]c(C=Cc3cnc(C(C)(C)C)nc3)nc21. The van der Waals surface area contributed by atoms with E-state index in [1.54, 1.807) is 30.2 Å². The van der Waals surface area contributed by atoms with Crippen LogP contribution in [0.1, 0.15) is 38.0 Å². The van der Waals surface area contributed by atoms with Gasteiger partial charge < -0.3 is 4.98 Å². The van der Waals surface area contributed by atoms with Gasteiger partial charge in [-0.25, -0.2) is 15.0 Å². The first kappa shape index (κ1) is 15.1. The number of hydrogen-bond donors (Lipinski definition) is 1. The Morgan fingerprint density at radius 1 is 1.13 bits per heavy atom. The van der Waals surface area contributed by atoms with Crippen LogP contribution in [0.25, 0.3) is 23.2 Å². The number of aromatic amines is 1. The fourth-order valence-corrected chi connectivity index (χ4v) is 2.12. The average molecular weight is 310 g/mol. The van der Waals surface area contributed by atoms with Crippen LogP contribution < -0.4 is 5.56 Å². The molecular weight excluding hydrogens is 292 g/mol. The molecule has 118 valence electrons. The highest BCUT2D eigenvalue weighted by atomic mass is 16.1. The maximum Gasteiger partial charge on any atom is 0.262 e. The monoisotopic (exact) mass is 310 g/mol. The van der Waals surface area contributed by atoms with Crippen molar-refractivity contribution in [2.75, 3.05) is 0 Å². The number of H-pyrrole nitrogens is 1. The highest BCUT2D eigenvalue weighted by Crippen LogP contribution is 2.17. The molecule has 0 radical (unpaired) electrons. The summed E-state index contributed by atoms with van der Waals surface area (Å²) in [7, 11) is 1.75. The van der Waals surface area contributed by atoms with E-state index in [-0.39, 0.29) is 11.0 Å². The van der Waals surface area contributed by atoms with E-state index in [9.17, 15) is 4.79 Å². The maximum atomic E-state index is 12.0. The van der Waals surface area contributed by atoms with Crippen LogP contribution in [0.3, 0.4) is 0 Å². The molecule has 23 heavy (non-hydrogen) atoms. The lowest BCUT2D eigenvalue weighted by molar-refractivity contribution is 0.545. The van der Waals surface area contributed by atoms with E-state index in [2.05, 4.69) is 45.8 Å². The molecule has 0 unspecified atom stereocenters. The summed E-state index contributed by atoms with van der Waals surface area (Å²) in [5.41, 5.74) is 1.10. The minimum absolute atomic E-state index is 0.0837. The van der Waals surface area contributed by atoms with Crippen molar-refractivity contribution < 1.29 is 0 Å². The molecule has 0 aliphatic carbocycles. The van der Waals surface area contributed by atoms with E-state index in [1.165, 1.54) is 6.20 Å². The molecule has 0 aliphatic rings. The number of nitrogens with one attached hydrogen (secondary N) is 1. The molecule has 0 saturated carbocycles. The molecule has 7 heteroatoms. The third-order valence-electron chi connectivity index (χ3n) is 3.40. The van der Waals surface area contributed by atoms with Crippen molar-refractivity contribution in [2.24, 2.45) is 7.05 Å². The quantitative estimate of drug-likeness (QED) is 0.781. The van der Waals surface area contributed by atoms with Crippen molar-refractivity contribution >= 4 is 23.2 Å². The van der Waals surface area contributed by atoms with Gasteiger partial charge in [-0.15, -0.1) is 0 Å². The summed E-state index contributed by atoms with van der Waals surface area (Å²) in [5, 5.41) is 4.51. The number of nitrogens with zero attached hydrogens (tertiary/aromatic N) is 5. The Morgan fingerprint density at radius 3 is 2.48 bits per heavy atom. The van der Waals surface area contributed by atoms with Crippen LogP contribution >= 0.6 is 0 Å². The van der Waals surface area contributed by atoms with Crippen LogP contribution in [0.15, 0.2) is 23.4 Å². The van der Waals surface area contributed by atoms with Gasteiger partial charge in [0.05, 0.1) is 6.20 Å². The Labute approximate surface area is 133 Å². The van der Waals surface area contributed by atoms with Gasteiger partial charge in [0.25, 0.3) is 5.56 Å². The number of aryl methyl sites for hydroxylation is 1. The van der Waals surface area contributed by atoms with Crippen molar-refractivity contribution in [3.63, 3.8) is 0 Å². The largest absolute Gasteiger partial charge is 0.306 e. The summed E-state index contributed by atoms with van der Waals surface area (Å²) in [6.07, 6.45) is 8.56. The minimum Gasteiger partial charge on any atom is -0.306 e. The van der Waals surface area contributed by atoms with Crippen molar-refractivity contribution in [1.82, 2.24) is 29.7 Å². The molecule has 0 spiro atoms. The van der Waals surface area contributed by atoms with Gasteiger partial charge in [-0.2, -0.15) is 5.10 Å². The molecule has 3 heterocycles. The summed E-state index contributed by atoms with van der Waals surface area (Å²) in [5.74, 6) is 1.25. The predicted octanol–water partition coefficient (Wildman–Crippen LogP) is 1.91. The lowest BCUT2D eigenvalue weighted by atomic mass is 9.96. The van der Waals surface area contributed by atoms with E-state index in [4.69, 9.17) is 0 Å². The molecule has 0 bridgehead atoms. The van der Waals surface area contributed by atoms with Gasteiger partial charge in [-0.1, -0.05) is 20.8 Å². The topological polar surface area (TPSA) is 89.4 Å². The van der Waals surface area contributed by atoms with Crippen molar-refractivity contribution in [2.45, 2.75) is 26.2 Å². The number of fused-ring (bicyclic) bond motifs is 1. The molecule has 3 rings (SSSR count). The van der Waals surface area contributed by atoms with Gasteiger partial charge in [0.1, 0.15) is 17.0 Å². The van der Waals surface area contributed by atoms with Crippen LogP contribution in [0.4, 0.5) is 0 Å². The molecular formula is C16H18N6O. The second-order valence-corrected chi connectivity index (χ2v) is 6.38. The van der Waals surface area contributed by atoms with Gasteiger partial charge in [-0.3, -0.25) is 9.48 Å². The third kappa shape index (κ3) is 3.03. The van der Waals surface area contributed by atoms with Gasteiger partial charge in [0.2, 0.25) is 0 Å². The normalized spacial score (nSPS) is 12.3. The number of rotatable bonds is 2. The molecule has 0 amide bonds. The molecule has 0 aromatic carbocycles. The van der Waals surface area contributed by atoms with Gasteiger partial charge in [0.15, 0.2) is 5.65 Å². The standard InChI is InChI=1S/C16H18N6O/c1-16(2,3)15-17-7-10(8-18-15)5-6-12-20-13-11(14(23)21-12)9-19-22(13)4/h5-9H,1-4H3,(H,20,21,23). The molecule has 7 nitrogen and oxygen atoms in total. The maximum absolute atomic E-state index is 12.0. The Kier molecular flexibility index (Phi) is 3.55. The Bertz CT molecular complexity index is 928. The summed E-state index contributed by atoms with van der Waals surface area (Å²) >= 11 is 0. The lowest BCUT2D eigenvalue weighted by Gasteiger charge is -2.15. The number of aromatic nitrogens is 6. The molecule has 0 saturated heterocycles. The fourth-order valence-electron chi connectivity index (χ4n) is 2.12. The van der Waals surface area contributed by atoms with Crippen LogP contribution in [0.2, 0.25) is 0 Å².